The van der Waals surface area contributed by atoms with E-state index < -0.39 is 5.24 Å². The molecule has 0 aromatic heterocycles. The fourth-order valence-electron chi connectivity index (χ4n) is 1.59. The van der Waals surface area contributed by atoms with Crippen LogP contribution in [0.5, 0.6) is 0 Å². The number of rotatable bonds is 3. The summed E-state index contributed by atoms with van der Waals surface area (Å²) in [5.74, 6) is 5.40. The lowest BCUT2D eigenvalue weighted by atomic mass is 10.1. The van der Waals surface area contributed by atoms with Gasteiger partial charge in [-0.2, -0.15) is 0 Å². The van der Waals surface area contributed by atoms with Crippen LogP contribution in [0.25, 0.3) is 0 Å². The Morgan fingerprint density at radius 2 is 1.42 bits per heavy atom. The van der Waals surface area contributed by atoms with Crippen LogP contribution in [0.4, 0.5) is 5.69 Å². The van der Waals surface area contributed by atoms with Gasteiger partial charge in [-0.25, -0.2) is 10.9 Å². The van der Waals surface area contributed by atoms with Gasteiger partial charge in [-0.3, -0.25) is 9.59 Å². The van der Waals surface area contributed by atoms with E-state index in [9.17, 15) is 9.59 Å². The van der Waals surface area contributed by atoms with E-state index in [1.807, 2.05) is 6.07 Å². The van der Waals surface area contributed by atoms with Crippen molar-refractivity contribution in [3.8, 4) is 0 Å². The van der Waals surface area contributed by atoms with Crippen molar-refractivity contribution < 1.29 is 9.59 Å². The van der Waals surface area contributed by atoms with Crippen molar-refractivity contribution in [3.63, 3.8) is 0 Å². The molecule has 2 rings (SSSR count). The number of para-hydroxylation sites is 1. The quantitative estimate of drug-likeness (QED) is 0.405. The van der Waals surface area contributed by atoms with Crippen molar-refractivity contribution in [1.82, 2.24) is 0 Å². The molecule has 0 radical (unpaired) electrons. The minimum atomic E-state index is -0.563. The highest BCUT2D eigenvalue weighted by molar-refractivity contribution is 6.67. The number of hydrogen-bond donors (Lipinski definition) is 1. The van der Waals surface area contributed by atoms with Gasteiger partial charge in [-0.1, -0.05) is 18.2 Å². The maximum Gasteiger partial charge on any atom is 0.272 e. The Balaban J connectivity index is 2.22. The number of hydrogen-bond acceptors (Lipinski definition) is 3. The van der Waals surface area contributed by atoms with E-state index in [0.29, 0.717) is 16.8 Å². The molecule has 0 fully saturated rings. The van der Waals surface area contributed by atoms with E-state index in [2.05, 4.69) is 0 Å². The fourth-order valence-corrected chi connectivity index (χ4v) is 1.71. The third-order valence-corrected chi connectivity index (χ3v) is 2.83. The van der Waals surface area contributed by atoms with Gasteiger partial charge in [0.05, 0.1) is 5.69 Å². The van der Waals surface area contributed by atoms with Gasteiger partial charge in [0.2, 0.25) is 0 Å². The van der Waals surface area contributed by atoms with Crippen molar-refractivity contribution >= 4 is 28.4 Å². The summed E-state index contributed by atoms with van der Waals surface area (Å²) >= 11 is 5.33. The molecule has 5 heteroatoms. The number of hydrazine groups is 1. The van der Waals surface area contributed by atoms with Crippen LogP contribution in [0, 0.1) is 0 Å². The highest BCUT2D eigenvalue weighted by Gasteiger charge is 2.14. The summed E-state index contributed by atoms with van der Waals surface area (Å²) in [5.41, 5.74) is 1.31. The second kappa shape index (κ2) is 5.65. The van der Waals surface area contributed by atoms with Crippen molar-refractivity contribution in [2.75, 3.05) is 5.01 Å². The Bertz CT molecular complexity index is 597. The van der Waals surface area contributed by atoms with E-state index >= 15 is 0 Å². The Morgan fingerprint density at radius 3 is 1.95 bits per heavy atom. The van der Waals surface area contributed by atoms with Crippen LogP contribution >= 0.6 is 11.6 Å². The monoisotopic (exact) mass is 274 g/mol. The standard InChI is InChI=1S/C14H11ClN2O2/c15-13(18)10-6-8-11(9-7-10)14(19)17(16)12-4-2-1-3-5-12/h1-9H,16H2. The van der Waals surface area contributed by atoms with E-state index in [1.54, 1.807) is 24.3 Å². The number of amides is 1. The first-order valence-electron chi connectivity index (χ1n) is 5.53. The smallest absolute Gasteiger partial charge is 0.272 e. The number of carbonyl (C=O) groups excluding carboxylic acids is 2. The zero-order chi connectivity index (χ0) is 13.8. The van der Waals surface area contributed by atoms with Crippen LogP contribution in [0.3, 0.4) is 0 Å². The average molecular weight is 275 g/mol. The summed E-state index contributed by atoms with van der Waals surface area (Å²) in [6, 6.07) is 14.9. The molecule has 0 saturated heterocycles. The summed E-state index contributed by atoms with van der Waals surface area (Å²) in [6.07, 6.45) is 0. The second-order valence-electron chi connectivity index (χ2n) is 3.86. The third kappa shape index (κ3) is 2.99. The molecule has 1 amide bonds. The zero-order valence-electron chi connectivity index (χ0n) is 9.92. The third-order valence-electron chi connectivity index (χ3n) is 2.61. The molecule has 0 bridgehead atoms. The maximum absolute atomic E-state index is 12.1. The van der Waals surface area contributed by atoms with Crippen LogP contribution in [0.2, 0.25) is 0 Å². The van der Waals surface area contributed by atoms with E-state index in [1.165, 1.54) is 24.3 Å². The Hall–Kier alpha value is -2.17. The Kier molecular flexibility index (Phi) is 3.94. The summed E-state index contributed by atoms with van der Waals surface area (Å²) in [7, 11) is 0. The van der Waals surface area contributed by atoms with Crippen LogP contribution in [-0.2, 0) is 0 Å². The van der Waals surface area contributed by atoms with Gasteiger partial charge >= 0.3 is 0 Å². The highest BCUT2D eigenvalue weighted by Crippen LogP contribution is 2.14. The molecule has 0 aliphatic rings. The van der Waals surface area contributed by atoms with Crippen LogP contribution < -0.4 is 10.9 Å². The van der Waals surface area contributed by atoms with Gasteiger partial charge in [0.25, 0.3) is 11.1 Å². The van der Waals surface area contributed by atoms with Gasteiger partial charge < -0.3 is 0 Å². The SMILES string of the molecule is NN(C(=O)c1ccc(C(=O)Cl)cc1)c1ccccc1. The summed E-state index contributed by atoms with van der Waals surface area (Å²) < 4.78 is 0. The molecular formula is C14H11ClN2O2. The van der Waals surface area contributed by atoms with Gasteiger partial charge in [0.1, 0.15) is 0 Å². The minimum Gasteiger partial charge on any atom is -0.276 e. The van der Waals surface area contributed by atoms with Gasteiger partial charge in [0, 0.05) is 11.1 Å². The molecule has 2 aromatic carbocycles. The lowest BCUT2D eigenvalue weighted by molar-refractivity contribution is 0.0985. The molecule has 0 saturated carbocycles. The molecular weight excluding hydrogens is 264 g/mol. The molecule has 0 heterocycles. The minimum absolute atomic E-state index is 0.335. The molecule has 0 atom stereocenters. The summed E-state index contributed by atoms with van der Waals surface area (Å²) in [6.45, 7) is 0. The molecule has 2 aromatic rings. The average Bonchev–Trinajstić information content (AvgIpc) is 2.46. The number of nitrogens with two attached hydrogens (primary N) is 1. The summed E-state index contributed by atoms with van der Waals surface area (Å²) in [5, 5.41) is 0.490. The number of benzene rings is 2. The molecule has 0 aliphatic heterocycles. The van der Waals surface area contributed by atoms with Crippen LogP contribution in [0.15, 0.2) is 54.6 Å². The van der Waals surface area contributed by atoms with E-state index in [0.717, 1.165) is 5.01 Å². The molecule has 0 spiro atoms. The first-order valence-corrected chi connectivity index (χ1v) is 5.91. The Morgan fingerprint density at radius 1 is 0.895 bits per heavy atom. The van der Waals surface area contributed by atoms with Gasteiger partial charge in [0.15, 0.2) is 0 Å². The first-order chi connectivity index (χ1) is 9.09. The number of anilines is 1. The molecule has 96 valence electrons. The predicted molar refractivity (Wildman–Crippen MR) is 74.1 cm³/mol. The second-order valence-corrected chi connectivity index (χ2v) is 4.21. The van der Waals surface area contributed by atoms with Crippen molar-refractivity contribution in [1.29, 1.82) is 0 Å². The molecule has 19 heavy (non-hydrogen) atoms. The van der Waals surface area contributed by atoms with Crippen molar-refractivity contribution in [2.24, 2.45) is 5.84 Å². The van der Waals surface area contributed by atoms with E-state index in [-0.39, 0.29) is 5.91 Å². The normalized spacial score (nSPS) is 10.0. The number of nitrogens with zero attached hydrogens (tertiary/aromatic N) is 1. The Labute approximate surface area is 115 Å². The number of halogens is 1. The predicted octanol–water partition coefficient (Wildman–Crippen LogP) is 2.59. The van der Waals surface area contributed by atoms with Crippen LogP contribution in [-0.4, -0.2) is 11.1 Å². The largest absolute Gasteiger partial charge is 0.276 e. The molecule has 2 N–H and O–H groups in total. The van der Waals surface area contributed by atoms with Gasteiger partial charge in [-0.05, 0) is 48.0 Å². The van der Waals surface area contributed by atoms with E-state index in [4.69, 9.17) is 17.4 Å². The zero-order valence-corrected chi connectivity index (χ0v) is 10.7. The van der Waals surface area contributed by atoms with Crippen LogP contribution in [0.1, 0.15) is 20.7 Å². The topological polar surface area (TPSA) is 63.4 Å². The van der Waals surface area contributed by atoms with Crippen molar-refractivity contribution in [3.05, 3.63) is 65.7 Å². The molecule has 0 unspecified atom stereocenters. The fraction of sp³-hybridized carbons (Fsp3) is 0. The van der Waals surface area contributed by atoms with Gasteiger partial charge in [-0.15, -0.1) is 0 Å². The molecule has 0 aliphatic carbocycles. The molecule has 4 nitrogen and oxygen atoms in total. The summed E-state index contributed by atoms with van der Waals surface area (Å²) in [4.78, 5) is 23.0. The lowest BCUT2D eigenvalue weighted by Gasteiger charge is -2.16. The lowest BCUT2D eigenvalue weighted by Crippen LogP contribution is -2.37. The maximum atomic E-state index is 12.1. The number of carbonyl (C=O) groups is 2. The first kappa shape index (κ1) is 13.3. The highest BCUT2D eigenvalue weighted by atomic mass is 35.5. The van der Waals surface area contributed by atoms with Crippen molar-refractivity contribution in [2.45, 2.75) is 0 Å².